The molecule has 4 rings (SSSR count). The van der Waals surface area contributed by atoms with Gasteiger partial charge < -0.3 is 9.42 Å². The van der Waals surface area contributed by atoms with Gasteiger partial charge in [0.2, 0.25) is 5.76 Å². The first-order valence-electron chi connectivity index (χ1n) is 7.91. The lowest BCUT2D eigenvalue weighted by Crippen LogP contribution is -2.37. The minimum absolute atomic E-state index is 0.0274. The van der Waals surface area contributed by atoms with Crippen molar-refractivity contribution < 1.29 is 18.1 Å². The number of amides is 1. The second-order valence-electron chi connectivity index (χ2n) is 6.70. The van der Waals surface area contributed by atoms with Gasteiger partial charge in [-0.15, -0.1) is 0 Å². The molecule has 0 bridgehead atoms. The van der Waals surface area contributed by atoms with Crippen molar-refractivity contribution in [3.8, 4) is 0 Å². The van der Waals surface area contributed by atoms with Crippen LogP contribution >= 0.6 is 0 Å². The minimum atomic E-state index is -0.874. The summed E-state index contributed by atoms with van der Waals surface area (Å²) in [5.41, 5.74) is 0.142. The van der Waals surface area contributed by atoms with Crippen LogP contribution in [0.5, 0.6) is 0 Å². The number of likely N-dealkylation sites (tertiary alicyclic amines) is 1. The van der Waals surface area contributed by atoms with E-state index in [0.717, 1.165) is 31.4 Å². The van der Waals surface area contributed by atoms with E-state index < -0.39 is 17.2 Å². The normalized spacial score (nSPS) is 21.9. The number of nitrogens with zero attached hydrogens (tertiary/aromatic N) is 1. The van der Waals surface area contributed by atoms with E-state index in [4.69, 9.17) is 4.52 Å². The number of rotatable bonds is 2. The fourth-order valence-corrected chi connectivity index (χ4v) is 3.99. The third kappa shape index (κ3) is 2.26. The number of hydrogen-bond donors (Lipinski definition) is 1. The molecule has 24 heavy (non-hydrogen) atoms. The van der Waals surface area contributed by atoms with Gasteiger partial charge in [0.15, 0.2) is 11.6 Å². The summed E-state index contributed by atoms with van der Waals surface area (Å²) in [5, 5.41) is 2.11. The Bertz CT molecular complexity index is 854. The van der Waals surface area contributed by atoms with Crippen LogP contribution in [0.25, 0.3) is 0 Å². The Labute approximate surface area is 136 Å². The van der Waals surface area contributed by atoms with Crippen molar-refractivity contribution in [2.45, 2.75) is 25.2 Å². The first-order chi connectivity index (χ1) is 11.5. The highest BCUT2D eigenvalue weighted by atomic mass is 19.2. The fourth-order valence-electron chi connectivity index (χ4n) is 3.99. The van der Waals surface area contributed by atoms with Crippen LogP contribution in [0.15, 0.2) is 33.6 Å². The Kier molecular flexibility index (Phi) is 3.33. The molecule has 2 aliphatic rings. The molecule has 1 N–H and O–H groups in total. The first-order valence-corrected chi connectivity index (χ1v) is 7.91. The van der Waals surface area contributed by atoms with Crippen LogP contribution in [0.4, 0.5) is 8.78 Å². The lowest BCUT2D eigenvalue weighted by atomic mass is 9.61. The molecule has 2 fully saturated rings. The van der Waals surface area contributed by atoms with Crippen LogP contribution in [0.3, 0.4) is 0 Å². The quantitative estimate of drug-likeness (QED) is 0.918. The summed E-state index contributed by atoms with van der Waals surface area (Å²) in [6.07, 6.45) is 2.94. The Hall–Kier alpha value is -2.44. The predicted molar refractivity (Wildman–Crippen MR) is 80.6 cm³/mol. The first kappa shape index (κ1) is 15.1. The van der Waals surface area contributed by atoms with Crippen LogP contribution in [-0.2, 0) is 0 Å². The molecule has 1 atom stereocenters. The number of benzene rings is 1. The summed E-state index contributed by atoms with van der Waals surface area (Å²) >= 11 is 0. The van der Waals surface area contributed by atoms with E-state index in [1.807, 2.05) is 0 Å². The second kappa shape index (κ2) is 5.29. The van der Waals surface area contributed by atoms with Gasteiger partial charge in [0.25, 0.3) is 11.5 Å². The number of carbonyl (C=O) groups excluding carboxylic acids is 1. The van der Waals surface area contributed by atoms with Crippen LogP contribution in [0.2, 0.25) is 0 Å². The highest BCUT2D eigenvalue weighted by Crippen LogP contribution is 2.56. The van der Waals surface area contributed by atoms with E-state index >= 15 is 0 Å². The van der Waals surface area contributed by atoms with E-state index in [1.165, 1.54) is 6.07 Å². The number of aromatic nitrogens is 1. The molecule has 126 valence electrons. The standard InChI is InChI=1S/C17H16F2N2O3/c18-12-3-2-10(6-13(12)19)11-8-21(9-17(11)4-1-5-17)16(23)14-7-15(22)20-24-14/h2-3,6-7,11H,1,4-5,8-9H2,(H,20,22)/t11-/m0/s1. The molecule has 0 radical (unpaired) electrons. The van der Waals surface area contributed by atoms with E-state index in [-0.39, 0.29) is 23.0 Å². The van der Waals surface area contributed by atoms with Crippen molar-refractivity contribution in [2.24, 2.45) is 5.41 Å². The molecule has 2 aromatic rings. The average molecular weight is 334 g/mol. The third-order valence-corrected chi connectivity index (χ3v) is 5.37. The largest absolute Gasteiger partial charge is 0.373 e. The van der Waals surface area contributed by atoms with Gasteiger partial charge in [-0.3, -0.25) is 9.59 Å². The topological polar surface area (TPSA) is 66.3 Å². The highest BCUT2D eigenvalue weighted by molar-refractivity contribution is 5.91. The molecule has 5 nitrogen and oxygen atoms in total. The monoisotopic (exact) mass is 334 g/mol. The number of H-pyrrole nitrogens is 1. The molecule has 1 aliphatic carbocycles. The van der Waals surface area contributed by atoms with Crippen molar-refractivity contribution in [3.63, 3.8) is 0 Å². The van der Waals surface area contributed by atoms with Crippen LogP contribution < -0.4 is 5.56 Å². The van der Waals surface area contributed by atoms with Gasteiger partial charge in [-0.05, 0) is 36.0 Å². The van der Waals surface area contributed by atoms with Crippen molar-refractivity contribution in [1.29, 1.82) is 0 Å². The summed E-state index contributed by atoms with van der Waals surface area (Å²) < 4.78 is 31.7. The Balaban J connectivity index is 1.64. The Morgan fingerprint density at radius 1 is 1.25 bits per heavy atom. The zero-order valence-electron chi connectivity index (χ0n) is 12.9. The smallest absolute Gasteiger partial charge is 0.292 e. The molecule has 1 aromatic carbocycles. The molecular formula is C17H16F2N2O3. The number of hydrogen-bond acceptors (Lipinski definition) is 3. The van der Waals surface area contributed by atoms with E-state index in [0.29, 0.717) is 18.7 Å². The maximum Gasteiger partial charge on any atom is 0.292 e. The van der Waals surface area contributed by atoms with Crippen LogP contribution in [-0.4, -0.2) is 29.1 Å². The molecule has 1 amide bonds. The summed E-state index contributed by atoms with van der Waals surface area (Å²) in [6, 6.07) is 5.07. The molecule has 1 saturated heterocycles. The van der Waals surface area contributed by atoms with E-state index in [1.54, 1.807) is 11.0 Å². The van der Waals surface area contributed by atoms with Crippen molar-refractivity contribution in [1.82, 2.24) is 10.1 Å². The molecule has 1 aromatic heterocycles. The molecule has 2 heterocycles. The minimum Gasteiger partial charge on any atom is -0.373 e. The van der Waals surface area contributed by atoms with Gasteiger partial charge in [-0.1, -0.05) is 12.5 Å². The van der Waals surface area contributed by atoms with Gasteiger partial charge in [0, 0.05) is 19.0 Å². The maximum absolute atomic E-state index is 13.6. The van der Waals surface area contributed by atoms with E-state index in [9.17, 15) is 18.4 Å². The van der Waals surface area contributed by atoms with Crippen molar-refractivity contribution in [2.75, 3.05) is 13.1 Å². The van der Waals surface area contributed by atoms with Gasteiger partial charge in [-0.25, -0.2) is 8.78 Å². The SMILES string of the molecule is O=C(c1cc(=O)[nH]o1)N1C[C@@H](c2ccc(F)c(F)c2)C2(CCC2)C1. The third-order valence-electron chi connectivity index (χ3n) is 5.37. The summed E-state index contributed by atoms with van der Waals surface area (Å²) in [5.74, 6) is -2.18. The number of carbonyl (C=O) groups is 1. The lowest BCUT2D eigenvalue weighted by molar-refractivity contribution is 0.0686. The molecule has 1 spiro atoms. The molecule has 1 aliphatic heterocycles. The van der Waals surface area contributed by atoms with Crippen LogP contribution in [0, 0.1) is 17.0 Å². The molecule has 0 unspecified atom stereocenters. The van der Waals surface area contributed by atoms with Gasteiger partial charge in [-0.2, -0.15) is 5.16 Å². The van der Waals surface area contributed by atoms with Gasteiger partial charge in [0.05, 0.1) is 6.07 Å². The zero-order chi connectivity index (χ0) is 16.9. The average Bonchev–Trinajstić information content (AvgIpc) is 3.13. The summed E-state index contributed by atoms with van der Waals surface area (Å²) in [7, 11) is 0. The summed E-state index contributed by atoms with van der Waals surface area (Å²) in [6.45, 7) is 0.934. The fraction of sp³-hybridized carbons (Fsp3) is 0.412. The molecular weight excluding hydrogens is 318 g/mol. The zero-order valence-corrected chi connectivity index (χ0v) is 12.9. The van der Waals surface area contributed by atoms with Gasteiger partial charge in [0.1, 0.15) is 0 Å². The number of aromatic amines is 1. The summed E-state index contributed by atoms with van der Waals surface area (Å²) in [4.78, 5) is 25.3. The Morgan fingerprint density at radius 3 is 2.62 bits per heavy atom. The van der Waals surface area contributed by atoms with Crippen molar-refractivity contribution in [3.05, 3.63) is 57.6 Å². The lowest BCUT2D eigenvalue weighted by Gasteiger charge is -2.43. The maximum atomic E-state index is 13.6. The van der Waals surface area contributed by atoms with Gasteiger partial charge >= 0.3 is 0 Å². The number of halogens is 2. The Morgan fingerprint density at radius 2 is 2.04 bits per heavy atom. The van der Waals surface area contributed by atoms with E-state index in [2.05, 4.69) is 5.16 Å². The molecule has 1 saturated carbocycles. The number of nitrogens with one attached hydrogen (secondary N) is 1. The second-order valence-corrected chi connectivity index (χ2v) is 6.70. The highest BCUT2D eigenvalue weighted by Gasteiger charge is 2.52. The van der Waals surface area contributed by atoms with Crippen molar-refractivity contribution >= 4 is 5.91 Å². The molecule has 7 heteroatoms. The van der Waals surface area contributed by atoms with Crippen LogP contribution in [0.1, 0.15) is 41.3 Å². The predicted octanol–water partition coefficient (Wildman–Crippen LogP) is 2.66.